The number of phenolic OH excluding ortho intramolecular Hbond substituents is 1. The van der Waals surface area contributed by atoms with Crippen LogP contribution in [0.5, 0.6) is 5.75 Å². The first-order valence-electron chi connectivity index (χ1n) is 5.22. The van der Waals surface area contributed by atoms with E-state index in [1.54, 1.807) is 6.07 Å². The largest absolute Gasteiger partial charge is 0.505 e. The number of halogens is 1. The van der Waals surface area contributed by atoms with Gasteiger partial charge in [-0.1, -0.05) is 29.5 Å². The van der Waals surface area contributed by atoms with Gasteiger partial charge in [0.25, 0.3) is 0 Å². The zero-order valence-corrected chi connectivity index (χ0v) is 9.37. The second kappa shape index (κ2) is 4.71. The second-order valence-electron chi connectivity index (χ2n) is 3.78. The molecule has 0 amide bonds. The van der Waals surface area contributed by atoms with Crippen LogP contribution in [0.15, 0.2) is 42.5 Å². The van der Waals surface area contributed by atoms with E-state index in [-0.39, 0.29) is 5.75 Å². The zero-order valence-electron chi connectivity index (χ0n) is 9.37. The van der Waals surface area contributed by atoms with Gasteiger partial charge in [-0.3, -0.25) is 0 Å². The lowest BCUT2D eigenvalue weighted by molar-refractivity contribution is 0.432. The minimum Gasteiger partial charge on any atom is -0.505 e. The molecule has 0 aliphatic rings. The van der Waals surface area contributed by atoms with E-state index in [0.29, 0.717) is 5.56 Å². The summed E-state index contributed by atoms with van der Waals surface area (Å²) in [5.74, 6) is 4.78. The van der Waals surface area contributed by atoms with Crippen LogP contribution in [-0.4, -0.2) is 5.11 Å². The predicted molar refractivity (Wildman–Crippen MR) is 65.2 cm³/mol. The van der Waals surface area contributed by atoms with Gasteiger partial charge >= 0.3 is 0 Å². The fraction of sp³-hybridized carbons (Fsp3) is 0.0667. The van der Waals surface area contributed by atoms with Crippen LogP contribution in [0.4, 0.5) is 4.39 Å². The van der Waals surface area contributed by atoms with Crippen molar-refractivity contribution < 1.29 is 9.50 Å². The normalized spacial score (nSPS) is 9.53. The molecule has 1 nitrogen and oxygen atoms in total. The van der Waals surface area contributed by atoms with Crippen LogP contribution in [0.2, 0.25) is 0 Å². The molecule has 0 aromatic heterocycles. The van der Waals surface area contributed by atoms with Crippen molar-refractivity contribution in [3.8, 4) is 17.6 Å². The van der Waals surface area contributed by atoms with Gasteiger partial charge in [0.2, 0.25) is 0 Å². The first-order valence-corrected chi connectivity index (χ1v) is 5.22. The minimum absolute atomic E-state index is 0.356. The van der Waals surface area contributed by atoms with Crippen LogP contribution < -0.4 is 0 Å². The molecule has 0 fully saturated rings. The number of aromatic hydroxyl groups is 1. The highest BCUT2D eigenvalue weighted by molar-refractivity contribution is 5.44. The van der Waals surface area contributed by atoms with Gasteiger partial charge in [0.1, 0.15) is 0 Å². The van der Waals surface area contributed by atoms with Crippen molar-refractivity contribution in [2.24, 2.45) is 0 Å². The highest BCUT2D eigenvalue weighted by Crippen LogP contribution is 2.15. The summed E-state index contributed by atoms with van der Waals surface area (Å²) >= 11 is 0. The van der Waals surface area contributed by atoms with Crippen LogP contribution in [0.1, 0.15) is 16.7 Å². The average Bonchev–Trinajstić information content (AvgIpc) is 2.33. The highest BCUT2D eigenvalue weighted by Gasteiger charge is 1.98. The molecular formula is C15H11FO. The molecule has 0 atom stereocenters. The van der Waals surface area contributed by atoms with Crippen LogP contribution in [0.3, 0.4) is 0 Å². The van der Waals surface area contributed by atoms with Gasteiger partial charge in [-0.15, -0.1) is 0 Å². The summed E-state index contributed by atoms with van der Waals surface area (Å²) in [6, 6.07) is 11.9. The zero-order chi connectivity index (χ0) is 12.3. The van der Waals surface area contributed by atoms with E-state index in [1.165, 1.54) is 17.7 Å². The third kappa shape index (κ3) is 2.85. The van der Waals surface area contributed by atoms with Gasteiger partial charge in [0.15, 0.2) is 11.6 Å². The van der Waals surface area contributed by atoms with E-state index < -0.39 is 5.82 Å². The van der Waals surface area contributed by atoms with E-state index >= 15 is 0 Å². The van der Waals surface area contributed by atoms with Gasteiger partial charge in [-0.05, 0) is 37.3 Å². The predicted octanol–water partition coefficient (Wildman–Crippen LogP) is 3.24. The number of aryl methyl sites for hydroxylation is 1. The maximum atomic E-state index is 13.0. The van der Waals surface area contributed by atoms with Crippen molar-refractivity contribution in [3.05, 3.63) is 65.0 Å². The lowest BCUT2D eigenvalue weighted by Gasteiger charge is -1.95. The van der Waals surface area contributed by atoms with Crippen molar-refractivity contribution >= 4 is 0 Å². The quantitative estimate of drug-likeness (QED) is 0.684. The third-order valence-corrected chi connectivity index (χ3v) is 2.35. The fourth-order valence-electron chi connectivity index (χ4n) is 1.37. The lowest BCUT2D eigenvalue weighted by Crippen LogP contribution is -1.80. The van der Waals surface area contributed by atoms with Gasteiger partial charge in [0, 0.05) is 11.1 Å². The Morgan fingerprint density at radius 2 is 1.53 bits per heavy atom. The number of hydrogen-bond acceptors (Lipinski definition) is 1. The maximum absolute atomic E-state index is 13.0. The summed E-state index contributed by atoms with van der Waals surface area (Å²) < 4.78 is 13.0. The molecule has 17 heavy (non-hydrogen) atoms. The monoisotopic (exact) mass is 226 g/mol. The number of rotatable bonds is 0. The number of phenols is 1. The molecule has 0 saturated carbocycles. The molecule has 2 heteroatoms. The molecule has 2 aromatic rings. The molecule has 2 aromatic carbocycles. The fourth-order valence-corrected chi connectivity index (χ4v) is 1.37. The van der Waals surface area contributed by atoms with E-state index in [0.717, 1.165) is 5.56 Å². The van der Waals surface area contributed by atoms with Crippen LogP contribution >= 0.6 is 0 Å². The van der Waals surface area contributed by atoms with E-state index in [4.69, 9.17) is 5.11 Å². The van der Waals surface area contributed by atoms with E-state index in [9.17, 15) is 4.39 Å². The van der Waals surface area contributed by atoms with Crippen LogP contribution in [-0.2, 0) is 0 Å². The Bertz CT molecular complexity index is 589. The second-order valence-corrected chi connectivity index (χ2v) is 3.78. The van der Waals surface area contributed by atoms with Crippen LogP contribution in [0, 0.1) is 24.6 Å². The molecule has 2 rings (SSSR count). The smallest absolute Gasteiger partial charge is 0.166 e. The Morgan fingerprint density at radius 1 is 0.941 bits per heavy atom. The first-order chi connectivity index (χ1) is 8.15. The summed E-state index contributed by atoms with van der Waals surface area (Å²) in [6.07, 6.45) is 0. The maximum Gasteiger partial charge on any atom is 0.166 e. The summed E-state index contributed by atoms with van der Waals surface area (Å²) in [4.78, 5) is 0. The SMILES string of the molecule is Cc1ccc(C#Cc2ccc(O)c(F)c2)cc1. The number of hydrogen-bond donors (Lipinski definition) is 1. The average molecular weight is 226 g/mol. The Labute approximate surface area is 99.5 Å². The van der Waals surface area contributed by atoms with Gasteiger partial charge < -0.3 is 5.11 Å². The minimum atomic E-state index is -0.652. The van der Waals surface area contributed by atoms with Crippen molar-refractivity contribution in [1.29, 1.82) is 0 Å². The van der Waals surface area contributed by atoms with Crippen LogP contribution in [0.25, 0.3) is 0 Å². The van der Waals surface area contributed by atoms with Crippen molar-refractivity contribution in [1.82, 2.24) is 0 Å². The Kier molecular flexibility index (Phi) is 3.11. The van der Waals surface area contributed by atoms with Crippen molar-refractivity contribution in [2.45, 2.75) is 6.92 Å². The summed E-state index contributed by atoms with van der Waals surface area (Å²) in [5.41, 5.74) is 2.59. The molecular weight excluding hydrogens is 215 g/mol. The topological polar surface area (TPSA) is 20.2 Å². The standard InChI is InChI=1S/C15H11FO/c1-11-2-4-12(5-3-11)6-7-13-8-9-15(17)14(16)10-13/h2-5,8-10,17H,1H3. The van der Waals surface area contributed by atoms with Gasteiger partial charge in [0.05, 0.1) is 0 Å². The Morgan fingerprint density at radius 3 is 2.18 bits per heavy atom. The molecule has 0 saturated heterocycles. The number of benzene rings is 2. The summed E-state index contributed by atoms with van der Waals surface area (Å²) in [7, 11) is 0. The van der Waals surface area contributed by atoms with Crippen molar-refractivity contribution in [3.63, 3.8) is 0 Å². The molecule has 84 valence electrons. The van der Waals surface area contributed by atoms with Gasteiger partial charge in [-0.2, -0.15) is 0 Å². The molecule has 1 N–H and O–H groups in total. The molecule has 0 radical (unpaired) electrons. The third-order valence-electron chi connectivity index (χ3n) is 2.35. The lowest BCUT2D eigenvalue weighted by atomic mass is 10.1. The Hall–Kier alpha value is -2.27. The Balaban J connectivity index is 2.26. The molecule has 0 heterocycles. The first kappa shape index (κ1) is 11.2. The molecule has 0 aliphatic carbocycles. The van der Waals surface area contributed by atoms with E-state index in [1.807, 2.05) is 31.2 Å². The van der Waals surface area contributed by atoms with Gasteiger partial charge in [-0.25, -0.2) is 4.39 Å². The molecule has 0 unspecified atom stereocenters. The van der Waals surface area contributed by atoms with Crippen molar-refractivity contribution in [2.75, 3.05) is 0 Å². The summed E-state index contributed by atoms with van der Waals surface area (Å²) in [6.45, 7) is 2.01. The van der Waals surface area contributed by atoms with E-state index in [2.05, 4.69) is 11.8 Å². The molecule has 0 spiro atoms. The summed E-state index contributed by atoms with van der Waals surface area (Å²) in [5, 5.41) is 9.04. The molecule has 0 aliphatic heterocycles. The highest BCUT2D eigenvalue weighted by atomic mass is 19.1. The molecule has 0 bridgehead atoms.